The lowest BCUT2D eigenvalue weighted by molar-refractivity contribution is -0.141. The van der Waals surface area contributed by atoms with Gasteiger partial charge in [-0.1, -0.05) is 37.1 Å². The van der Waals surface area contributed by atoms with Gasteiger partial charge in [-0.05, 0) is 58.1 Å². The Balaban J connectivity index is 1.38. The summed E-state index contributed by atoms with van der Waals surface area (Å²) in [4.78, 5) is 70.1. The van der Waals surface area contributed by atoms with Crippen molar-refractivity contribution in [2.45, 2.75) is 108 Å². The van der Waals surface area contributed by atoms with Gasteiger partial charge < -0.3 is 30.3 Å². The van der Waals surface area contributed by atoms with Gasteiger partial charge in [-0.15, -0.1) is 0 Å². The molecule has 0 unspecified atom stereocenters. The van der Waals surface area contributed by atoms with E-state index in [1.165, 1.54) is 15.9 Å². The second kappa shape index (κ2) is 14.5. The first kappa shape index (κ1) is 35.1. The van der Waals surface area contributed by atoms with E-state index in [2.05, 4.69) is 16.0 Å². The van der Waals surface area contributed by atoms with Crippen LogP contribution in [0.5, 0.6) is 0 Å². The molecule has 5 atom stereocenters. The summed E-state index contributed by atoms with van der Waals surface area (Å²) in [5.74, 6) is -2.43. The van der Waals surface area contributed by atoms with Crippen LogP contribution in [-0.2, 0) is 36.9 Å². The fourth-order valence-electron chi connectivity index (χ4n) is 6.66. The quantitative estimate of drug-likeness (QED) is 0.405. The largest absolute Gasteiger partial charge is 0.444 e. The molecule has 12 nitrogen and oxygen atoms in total. The number of carbonyl (C=O) groups is 5. The summed E-state index contributed by atoms with van der Waals surface area (Å²) < 4.78 is 38.5. The highest BCUT2D eigenvalue weighted by atomic mass is 19.1. The molecule has 0 radical (unpaired) electrons. The summed E-state index contributed by atoms with van der Waals surface area (Å²) in [5, 5.41) is 8.06. The van der Waals surface area contributed by atoms with Crippen LogP contribution >= 0.6 is 0 Å². The molecule has 3 heterocycles. The van der Waals surface area contributed by atoms with Gasteiger partial charge in [0.25, 0.3) is 0 Å². The van der Waals surface area contributed by atoms with Crippen LogP contribution in [0.25, 0.3) is 0 Å². The van der Waals surface area contributed by atoms with Crippen molar-refractivity contribution in [2.75, 3.05) is 19.8 Å². The van der Waals surface area contributed by atoms with Crippen LogP contribution < -0.4 is 16.0 Å². The highest BCUT2D eigenvalue weighted by molar-refractivity contribution is 5.98. The summed E-state index contributed by atoms with van der Waals surface area (Å²) in [6.07, 6.45) is 4.86. The Morgan fingerprint density at radius 2 is 1.92 bits per heavy atom. The highest BCUT2D eigenvalue weighted by Crippen LogP contribution is 2.45. The van der Waals surface area contributed by atoms with E-state index < -0.39 is 71.7 Å². The molecule has 0 spiro atoms. The molecule has 5 amide bonds. The summed E-state index contributed by atoms with van der Waals surface area (Å²) in [7, 11) is 0. The average Bonchev–Trinajstić information content (AvgIpc) is 3.33. The van der Waals surface area contributed by atoms with Gasteiger partial charge in [0.1, 0.15) is 41.8 Å². The number of benzene rings is 1. The van der Waals surface area contributed by atoms with Crippen molar-refractivity contribution >= 4 is 29.9 Å². The van der Waals surface area contributed by atoms with Crippen molar-refractivity contribution in [3.05, 3.63) is 47.3 Å². The third-order valence-corrected chi connectivity index (χ3v) is 9.17. The van der Waals surface area contributed by atoms with Crippen molar-refractivity contribution in [3.8, 4) is 0 Å². The van der Waals surface area contributed by atoms with Gasteiger partial charge in [0, 0.05) is 31.0 Å². The first-order valence-electron chi connectivity index (χ1n) is 16.7. The van der Waals surface area contributed by atoms with E-state index >= 15 is 0 Å². The topological polar surface area (TPSA) is 146 Å². The van der Waals surface area contributed by atoms with Crippen LogP contribution in [0.4, 0.5) is 18.4 Å². The molecule has 3 aliphatic heterocycles. The molecule has 3 N–H and O–H groups in total. The molecule has 0 aromatic heterocycles. The van der Waals surface area contributed by atoms with E-state index in [1.807, 2.05) is 12.2 Å². The number of alkyl halides is 1. The van der Waals surface area contributed by atoms with Crippen molar-refractivity contribution in [1.29, 1.82) is 0 Å². The lowest BCUT2D eigenvalue weighted by Gasteiger charge is -2.30. The summed E-state index contributed by atoms with van der Waals surface area (Å²) in [6, 6.07) is 2.46. The van der Waals surface area contributed by atoms with E-state index in [0.29, 0.717) is 24.0 Å². The maximum absolute atomic E-state index is 14.3. The number of alkyl carbamates (subject to hydrolysis) is 1. The molecule has 14 heteroatoms. The standard InChI is InChI=1S/C34H45F2N5O7/c1-33(2,3)48-31(45)38-26-13-8-6-4-5-7-11-22-17-34(22,30(44)37-15-14-35)39-28(42)27-16-23(19-41(27)29(26)43)47-32(46)40-18-21-10-9-12-25(36)24(21)20-40/h7,9-12,22-23,26-27H,4-6,8,13-20H2,1-3H3,(H,37,44)(H,38,45)(H,39,42)/t22-,23-,26+,27+,34-/m1/s1. The highest BCUT2D eigenvalue weighted by Gasteiger charge is 2.61. The van der Waals surface area contributed by atoms with Crippen LogP contribution in [0.15, 0.2) is 30.4 Å². The summed E-state index contributed by atoms with van der Waals surface area (Å²) in [5.41, 5.74) is -1.05. The molecule has 48 heavy (non-hydrogen) atoms. The van der Waals surface area contributed by atoms with Gasteiger partial charge >= 0.3 is 12.2 Å². The number of hydrogen-bond acceptors (Lipinski definition) is 7. The molecule has 1 aromatic carbocycles. The fourth-order valence-corrected chi connectivity index (χ4v) is 6.66. The molecule has 4 aliphatic rings. The number of ether oxygens (including phenoxy) is 2. The van der Waals surface area contributed by atoms with Crippen molar-refractivity contribution in [2.24, 2.45) is 5.92 Å². The summed E-state index contributed by atoms with van der Waals surface area (Å²) >= 11 is 0. The Kier molecular flexibility index (Phi) is 10.6. The Morgan fingerprint density at radius 3 is 2.65 bits per heavy atom. The van der Waals surface area contributed by atoms with E-state index in [4.69, 9.17) is 9.47 Å². The minimum Gasteiger partial charge on any atom is -0.444 e. The normalized spacial score (nSPS) is 27.4. The lowest BCUT2D eigenvalue weighted by atomic mass is 10.0. The first-order valence-corrected chi connectivity index (χ1v) is 16.7. The smallest absolute Gasteiger partial charge is 0.410 e. The SMILES string of the molecule is CC(C)(C)OC(=O)N[C@H]1CCCCCC=C[C@@H]2C[C@@]2(C(=O)NCCF)NC(=O)[C@@H]2C[C@@H](OC(=O)N3Cc4cccc(F)c4C3)CN2C1=O. The molecule has 5 rings (SSSR count). The number of halogens is 2. The van der Waals surface area contributed by atoms with Crippen LogP contribution in [0.3, 0.4) is 0 Å². The van der Waals surface area contributed by atoms with Crippen molar-refractivity contribution in [1.82, 2.24) is 25.8 Å². The van der Waals surface area contributed by atoms with Crippen LogP contribution in [0, 0.1) is 11.7 Å². The average molecular weight is 674 g/mol. The maximum Gasteiger partial charge on any atom is 0.410 e. The zero-order valence-corrected chi connectivity index (χ0v) is 27.7. The predicted molar refractivity (Wildman–Crippen MR) is 169 cm³/mol. The number of rotatable bonds is 5. The van der Waals surface area contributed by atoms with Gasteiger partial charge in [0.2, 0.25) is 17.7 Å². The second-order valence-corrected chi connectivity index (χ2v) is 14.0. The molecular formula is C34H45F2N5O7. The minimum absolute atomic E-state index is 0.0212. The Hall–Kier alpha value is -4.23. The molecule has 262 valence electrons. The third-order valence-electron chi connectivity index (χ3n) is 9.17. The predicted octanol–water partition coefficient (Wildman–Crippen LogP) is 3.62. The molecular weight excluding hydrogens is 628 g/mol. The Bertz CT molecular complexity index is 1450. The van der Waals surface area contributed by atoms with E-state index in [0.717, 1.165) is 19.3 Å². The maximum atomic E-state index is 14.3. The molecule has 1 saturated heterocycles. The third kappa shape index (κ3) is 8.07. The van der Waals surface area contributed by atoms with Crippen molar-refractivity contribution < 1.29 is 42.2 Å². The van der Waals surface area contributed by atoms with Gasteiger partial charge in [0.05, 0.1) is 13.1 Å². The summed E-state index contributed by atoms with van der Waals surface area (Å²) in [6.45, 7) is 4.17. The van der Waals surface area contributed by atoms with Crippen LogP contribution in [0.1, 0.15) is 76.8 Å². The Labute approximate surface area is 278 Å². The fraction of sp³-hybridized carbons (Fsp3) is 0.618. The van der Waals surface area contributed by atoms with Gasteiger partial charge in [-0.2, -0.15) is 0 Å². The first-order chi connectivity index (χ1) is 22.8. The molecule has 2 fully saturated rings. The molecule has 1 aliphatic carbocycles. The number of carbonyl (C=O) groups excluding carboxylic acids is 5. The van der Waals surface area contributed by atoms with Gasteiger partial charge in [0.15, 0.2) is 0 Å². The Morgan fingerprint density at radius 1 is 1.12 bits per heavy atom. The number of nitrogens with zero attached hydrogens (tertiary/aromatic N) is 2. The van der Waals surface area contributed by atoms with Crippen LogP contribution in [0.2, 0.25) is 0 Å². The second-order valence-electron chi connectivity index (χ2n) is 14.0. The number of hydrogen-bond donors (Lipinski definition) is 3. The van der Waals surface area contributed by atoms with E-state index in [-0.39, 0.29) is 44.9 Å². The number of allylic oxidation sites excluding steroid dienone is 1. The number of fused-ring (bicyclic) bond motifs is 3. The number of nitrogens with one attached hydrogen (secondary N) is 3. The van der Waals surface area contributed by atoms with E-state index in [1.54, 1.807) is 32.9 Å². The lowest BCUT2D eigenvalue weighted by Crippen LogP contribution is -2.58. The van der Waals surface area contributed by atoms with Gasteiger partial charge in [-0.3, -0.25) is 19.3 Å². The van der Waals surface area contributed by atoms with Crippen molar-refractivity contribution in [3.63, 3.8) is 0 Å². The molecule has 1 saturated carbocycles. The number of amides is 5. The van der Waals surface area contributed by atoms with E-state index in [9.17, 15) is 32.8 Å². The van der Waals surface area contributed by atoms with Gasteiger partial charge in [-0.25, -0.2) is 18.4 Å². The minimum atomic E-state index is -1.31. The molecule has 1 aromatic rings. The monoisotopic (exact) mass is 673 g/mol. The zero-order chi connectivity index (χ0) is 34.6. The molecule has 0 bridgehead atoms. The zero-order valence-electron chi connectivity index (χ0n) is 27.7. The van der Waals surface area contributed by atoms with Crippen LogP contribution in [-0.4, -0.2) is 88.8 Å².